The van der Waals surface area contributed by atoms with Gasteiger partial charge in [0.15, 0.2) is 0 Å². The molecule has 0 heterocycles. The van der Waals surface area contributed by atoms with Gasteiger partial charge in [-0.1, -0.05) is 54.1 Å². The molecule has 0 aliphatic carbocycles. The summed E-state index contributed by atoms with van der Waals surface area (Å²) in [5, 5.41) is 23.3. The van der Waals surface area contributed by atoms with E-state index in [1.165, 1.54) is 6.07 Å². The number of carbonyl (C=O) groups is 1. The van der Waals surface area contributed by atoms with Gasteiger partial charge in [-0.05, 0) is 80.1 Å². The van der Waals surface area contributed by atoms with Crippen LogP contribution in [0.25, 0.3) is 11.1 Å². The third-order valence-corrected chi connectivity index (χ3v) is 6.46. The molecule has 192 valence electrons. The van der Waals surface area contributed by atoms with Crippen LogP contribution in [0.2, 0.25) is 5.02 Å². The van der Waals surface area contributed by atoms with Crippen LogP contribution in [0, 0.1) is 12.7 Å². The Morgan fingerprint density at radius 3 is 2.53 bits per heavy atom. The van der Waals surface area contributed by atoms with Crippen LogP contribution in [-0.2, 0) is 11.2 Å². The molecule has 0 radical (unpaired) electrons. The molecule has 1 unspecified atom stereocenters. The van der Waals surface area contributed by atoms with Crippen molar-refractivity contribution in [3.63, 3.8) is 0 Å². The SMILES string of the molecule is Cc1ccc(CC(C)(C)NC[C@H](O)COC(C)c2ccccc2-c2ccc(C(=O)O)c(Cl)c2)cc1F. The predicted molar refractivity (Wildman–Crippen MR) is 141 cm³/mol. The largest absolute Gasteiger partial charge is 0.478 e. The highest BCUT2D eigenvalue weighted by Gasteiger charge is 2.21. The van der Waals surface area contributed by atoms with Crippen molar-refractivity contribution < 1.29 is 24.1 Å². The molecular weight excluding hydrogens is 481 g/mol. The Morgan fingerprint density at radius 2 is 1.86 bits per heavy atom. The molecule has 0 aliphatic heterocycles. The predicted octanol–water partition coefficient (Wildman–Crippen LogP) is 6.20. The van der Waals surface area contributed by atoms with E-state index in [0.29, 0.717) is 18.5 Å². The maximum Gasteiger partial charge on any atom is 0.337 e. The van der Waals surface area contributed by atoms with Gasteiger partial charge in [0.25, 0.3) is 0 Å². The maximum absolute atomic E-state index is 13.9. The number of carboxylic acids is 1. The normalized spacial score (nSPS) is 13.4. The van der Waals surface area contributed by atoms with Crippen molar-refractivity contribution in [3.8, 4) is 11.1 Å². The number of ether oxygens (including phenoxy) is 1. The van der Waals surface area contributed by atoms with Gasteiger partial charge >= 0.3 is 5.97 Å². The molecule has 2 atom stereocenters. The summed E-state index contributed by atoms with van der Waals surface area (Å²) in [5.41, 5.74) is 3.78. The number of halogens is 2. The molecule has 0 spiro atoms. The Hall–Kier alpha value is -2.77. The minimum atomic E-state index is -1.08. The molecule has 0 fully saturated rings. The van der Waals surface area contributed by atoms with E-state index in [-0.39, 0.29) is 34.7 Å². The summed E-state index contributed by atoms with van der Waals surface area (Å²) >= 11 is 6.18. The second kappa shape index (κ2) is 12.0. The summed E-state index contributed by atoms with van der Waals surface area (Å²) in [4.78, 5) is 11.3. The first-order chi connectivity index (χ1) is 17.0. The lowest BCUT2D eigenvalue weighted by atomic mass is 9.94. The van der Waals surface area contributed by atoms with Crippen molar-refractivity contribution in [3.05, 3.63) is 93.8 Å². The number of carboxylic acid groups (broad SMARTS) is 1. The number of aliphatic hydroxyl groups is 1. The summed E-state index contributed by atoms with van der Waals surface area (Å²) < 4.78 is 19.9. The van der Waals surface area contributed by atoms with Crippen LogP contribution in [0.5, 0.6) is 0 Å². The van der Waals surface area contributed by atoms with Crippen molar-refractivity contribution >= 4 is 17.6 Å². The molecule has 0 saturated carbocycles. The highest BCUT2D eigenvalue weighted by molar-refractivity contribution is 6.33. The number of rotatable bonds is 11. The maximum atomic E-state index is 13.9. The number of aryl methyl sites for hydroxylation is 1. The van der Waals surface area contributed by atoms with Gasteiger partial charge in [0.1, 0.15) is 5.82 Å². The van der Waals surface area contributed by atoms with Gasteiger partial charge in [-0.15, -0.1) is 0 Å². The van der Waals surface area contributed by atoms with Crippen LogP contribution in [-0.4, -0.2) is 41.0 Å². The number of hydrogen-bond acceptors (Lipinski definition) is 4. The van der Waals surface area contributed by atoms with Crippen LogP contribution in [0.1, 0.15) is 53.9 Å². The van der Waals surface area contributed by atoms with Crippen molar-refractivity contribution in [2.45, 2.75) is 51.9 Å². The van der Waals surface area contributed by atoms with Gasteiger partial charge in [-0.25, -0.2) is 9.18 Å². The molecule has 0 aliphatic rings. The summed E-state index contributed by atoms with van der Waals surface area (Å²) in [7, 11) is 0. The summed E-state index contributed by atoms with van der Waals surface area (Å²) in [6.07, 6.45) is -0.444. The number of hydrogen-bond donors (Lipinski definition) is 3. The van der Waals surface area contributed by atoms with Crippen LogP contribution in [0.3, 0.4) is 0 Å². The van der Waals surface area contributed by atoms with Gasteiger partial charge < -0.3 is 20.3 Å². The van der Waals surface area contributed by atoms with Gasteiger partial charge in [0.05, 0.1) is 29.4 Å². The fraction of sp³-hybridized carbons (Fsp3) is 0.345. The summed E-state index contributed by atoms with van der Waals surface area (Å²) in [6, 6.07) is 17.8. The average molecular weight is 514 g/mol. The molecule has 36 heavy (non-hydrogen) atoms. The molecule has 7 heteroatoms. The quantitative estimate of drug-likeness (QED) is 0.284. The monoisotopic (exact) mass is 513 g/mol. The molecule has 0 bridgehead atoms. The Bertz CT molecular complexity index is 1210. The van der Waals surface area contributed by atoms with E-state index < -0.39 is 12.1 Å². The number of aromatic carboxylic acids is 1. The Kier molecular flexibility index (Phi) is 9.25. The standard InChI is InChI=1S/C29H33ClFNO4/c1-18-9-10-20(13-27(18)31)15-29(3,4)32-16-22(33)17-36-19(2)23-7-5-6-8-24(23)21-11-12-25(28(34)35)26(30)14-21/h5-14,19,22,32-33H,15-17H2,1-4H3,(H,34,35)/t19?,22-/m0/s1. The molecule has 0 saturated heterocycles. The molecule has 0 amide bonds. The lowest BCUT2D eigenvalue weighted by molar-refractivity contribution is -0.00397. The fourth-order valence-electron chi connectivity index (χ4n) is 4.09. The molecular formula is C29H33ClFNO4. The molecule has 3 rings (SSSR count). The van der Waals surface area contributed by atoms with E-state index in [9.17, 15) is 19.4 Å². The zero-order chi connectivity index (χ0) is 26.5. The van der Waals surface area contributed by atoms with E-state index in [1.807, 2.05) is 51.1 Å². The summed E-state index contributed by atoms with van der Waals surface area (Å²) in [5.74, 6) is -1.29. The minimum Gasteiger partial charge on any atom is -0.478 e. The highest BCUT2D eigenvalue weighted by atomic mass is 35.5. The fourth-order valence-corrected chi connectivity index (χ4v) is 4.35. The zero-order valence-electron chi connectivity index (χ0n) is 21.0. The Morgan fingerprint density at radius 1 is 1.14 bits per heavy atom. The molecule has 5 nitrogen and oxygen atoms in total. The number of aliphatic hydroxyl groups excluding tert-OH is 1. The van der Waals surface area contributed by atoms with E-state index in [2.05, 4.69) is 5.32 Å². The first kappa shape index (κ1) is 27.8. The van der Waals surface area contributed by atoms with Gasteiger partial charge in [0, 0.05) is 12.1 Å². The van der Waals surface area contributed by atoms with E-state index in [0.717, 1.165) is 22.3 Å². The Balaban J connectivity index is 1.59. The second-order valence-electron chi connectivity index (χ2n) is 9.74. The summed E-state index contributed by atoms with van der Waals surface area (Å²) in [6.45, 7) is 8.11. The molecule has 3 aromatic rings. The zero-order valence-corrected chi connectivity index (χ0v) is 21.8. The minimum absolute atomic E-state index is 0.0493. The molecule has 3 aromatic carbocycles. The second-order valence-corrected chi connectivity index (χ2v) is 10.1. The third kappa shape index (κ3) is 7.37. The van der Waals surface area contributed by atoms with Gasteiger partial charge in [-0.3, -0.25) is 0 Å². The Labute approximate surface area is 216 Å². The van der Waals surface area contributed by atoms with E-state index in [4.69, 9.17) is 16.3 Å². The van der Waals surface area contributed by atoms with Gasteiger partial charge in [-0.2, -0.15) is 0 Å². The van der Waals surface area contributed by atoms with Crippen LogP contribution < -0.4 is 5.32 Å². The lowest BCUT2D eigenvalue weighted by Crippen LogP contribution is -2.46. The molecule has 0 aromatic heterocycles. The smallest absolute Gasteiger partial charge is 0.337 e. The van der Waals surface area contributed by atoms with Crippen LogP contribution >= 0.6 is 11.6 Å². The number of β-amino-alcohol motifs (C(OH)–C–C–N with tert-alkyl or cyclic N) is 1. The van der Waals surface area contributed by atoms with Crippen molar-refractivity contribution in [1.82, 2.24) is 5.32 Å². The number of benzene rings is 3. The molecule has 3 N–H and O–H groups in total. The average Bonchev–Trinajstić information content (AvgIpc) is 2.83. The van der Waals surface area contributed by atoms with Crippen molar-refractivity contribution in [2.75, 3.05) is 13.2 Å². The number of nitrogens with one attached hydrogen (secondary N) is 1. The van der Waals surface area contributed by atoms with Crippen LogP contribution in [0.4, 0.5) is 4.39 Å². The first-order valence-electron chi connectivity index (χ1n) is 11.9. The van der Waals surface area contributed by atoms with E-state index >= 15 is 0 Å². The van der Waals surface area contributed by atoms with Crippen molar-refractivity contribution in [1.29, 1.82) is 0 Å². The van der Waals surface area contributed by atoms with Crippen molar-refractivity contribution in [2.24, 2.45) is 0 Å². The first-order valence-corrected chi connectivity index (χ1v) is 12.3. The third-order valence-electron chi connectivity index (χ3n) is 6.15. The lowest BCUT2D eigenvalue weighted by Gasteiger charge is -2.28. The van der Waals surface area contributed by atoms with Crippen LogP contribution in [0.15, 0.2) is 60.7 Å². The highest BCUT2D eigenvalue weighted by Crippen LogP contribution is 2.32. The van der Waals surface area contributed by atoms with Gasteiger partial charge in [0.2, 0.25) is 0 Å². The topological polar surface area (TPSA) is 78.8 Å². The van der Waals surface area contributed by atoms with E-state index in [1.54, 1.807) is 31.2 Å².